The van der Waals surface area contributed by atoms with Gasteiger partial charge in [-0.25, -0.2) is 0 Å². The molecule has 4 aromatic heterocycles. The van der Waals surface area contributed by atoms with E-state index in [0.717, 1.165) is 66.1 Å². The van der Waals surface area contributed by atoms with Crippen LogP contribution in [0.1, 0.15) is 71.0 Å². The average Bonchev–Trinajstić information content (AvgIpc) is 3.91. The van der Waals surface area contributed by atoms with Gasteiger partial charge in [-0.2, -0.15) is 20.2 Å². The molecule has 8 rings (SSSR count). The van der Waals surface area contributed by atoms with Crippen molar-refractivity contribution in [2.75, 3.05) is 13.2 Å². The molecule has 2 fully saturated rings. The lowest BCUT2D eigenvalue weighted by Crippen LogP contribution is -2.62. The van der Waals surface area contributed by atoms with Crippen LogP contribution in [-0.4, -0.2) is 79.8 Å². The molecule has 0 saturated carbocycles. The zero-order valence-corrected chi connectivity index (χ0v) is 32.1. The van der Waals surface area contributed by atoms with Crippen molar-refractivity contribution in [1.29, 1.82) is 0 Å². The number of carbonyl (C=O) groups is 2. The van der Waals surface area contributed by atoms with Gasteiger partial charge in [0.05, 0.1) is 46.7 Å². The number of carbonyl (C=O) groups excluding carboxylic acids is 2. The molecule has 2 aliphatic heterocycles. The Morgan fingerprint density at radius 2 is 1.28 bits per heavy atom. The fourth-order valence-electron chi connectivity index (χ4n) is 8.37. The third kappa shape index (κ3) is 6.26. The molecule has 2 aromatic carbocycles. The smallest absolute Gasteiger partial charge is 0.298 e. The molecule has 14 nitrogen and oxygen atoms in total. The number of aromatic nitrogens is 8. The van der Waals surface area contributed by atoms with Gasteiger partial charge < -0.3 is 23.0 Å². The lowest BCUT2D eigenvalue weighted by Gasteiger charge is -2.52. The standard InChI is InChI=1S/C40H49N11O3/c1-7-50-34(20-26(3)43-50)37(52)41-39-45(5)31-15-9-10-16-32(31)47(39)18-11-12-19-48-36-28(23-49-29-22-30(49)25-54-24-29)14-13-17-33(36)46(6)40(48)42-38(53)35-21-27(4)44-51(35)8-2/h9-10,13-17,20-21,29-30H,7-8,11-12,18-19,22-25H2,1-6H3/b41-39+,42-40+. The van der Waals surface area contributed by atoms with Crippen LogP contribution in [0.3, 0.4) is 0 Å². The molecule has 2 atom stereocenters. The molecular formula is C40H49N11O3. The maximum atomic E-state index is 13.8. The van der Waals surface area contributed by atoms with Gasteiger partial charge in [0, 0.05) is 58.9 Å². The molecule has 2 saturated heterocycles. The highest BCUT2D eigenvalue weighted by atomic mass is 16.5. The summed E-state index contributed by atoms with van der Waals surface area (Å²) < 4.78 is 17.6. The summed E-state index contributed by atoms with van der Waals surface area (Å²) >= 11 is 0. The number of rotatable bonds is 11. The summed E-state index contributed by atoms with van der Waals surface area (Å²) in [6.07, 6.45) is 2.78. The van der Waals surface area contributed by atoms with E-state index in [1.165, 1.54) is 12.0 Å². The minimum Gasteiger partial charge on any atom is -0.378 e. The number of hydrogen-bond donors (Lipinski definition) is 0. The van der Waals surface area contributed by atoms with Crippen LogP contribution < -0.4 is 11.2 Å². The molecular weight excluding hydrogens is 683 g/mol. The van der Waals surface area contributed by atoms with E-state index in [0.29, 0.717) is 60.9 Å². The number of benzene rings is 2. The van der Waals surface area contributed by atoms with Gasteiger partial charge in [0.15, 0.2) is 0 Å². The van der Waals surface area contributed by atoms with E-state index in [2.05, 4.69) is 59.6 Å². The lowest BCUT2D eigenvalue weighted by molar-refractivity contribution is -0.131. The Kier molecular flexibility index (Phi) is 9.57. The Morgan fingerprint density at radius 3 is 1.87 bits per heavy atom. The summed E-state index contributed by atoms with van der Waals surface area (Å²) in [5, 5.41) is 8.97. The first-order chi connectivity index (χ1) is 26.2. The number of unbranched alkanes of at least 4 members (excludes halogenated alkanes) is 1. The van der Waals surface area contributed by atoms with Crippen LogP contribution in [0, 0.1) is 13.8 Å². The molecule has 0 N–H and O–H groups in total. The van der Waals surface area contributed by atoms with Gasteiger partial charge in [0.2, 0.25) is 11.2 Å². The fourth-order valence-corrected chi connectivity index (χ4v) is 8.37. The highest BCUT2D eigenvalue weighted by Gasteiger charge is 2.42. The van der Waals surface area contributed by atoms with Crippen LogP contribution in [0.4, 0.5) is 0 Å². The molecule has 2 bridgehead atoms. The van der Waals surface area contributed by atoms with Gasteiger partial charge in [-0.1, -0.05) is 24.3 Å². The molecule has 14 heteroatoms. The van der Waals surface area contributed by atoms with Crippen molar-refractivity contribution in [3.8, 4) is 0 Å². The quantitative estimate of drug-likeness (QED) is 0.184. The number of hydrogen-bond acceptors (Lipinski definition) is 6. The molecule has 6 heterocycles. The van der Waals surface area contributed by atoms with Crippen molar-refractivity contribution in [2.45, 2.75) is 91.8 Å². The number of nitrogens with zero attached hydrogens (tertiary/aromatic N) is 11. The van der Waals surface area contributed by atoms with Gasteiger partial charge in [-0.15, -0.1) is 0 Å². The molecule has 0 radical (unpaired) electrons. The van der Waals surface area contributed by atoms with Crippen LogP contribution in [0.5, 0.6) is 0 Å². The van der Waals surface area contributed by atoms with Gasteiger partial charge in [-0.05, 0) is 82.9 Å². The molecule has 6 aromatic rings. The van der Waals surface area contributed by atoms with Crippen molar-refractivity contribution in [3.05, 3.63) is 94.2 Å². The predicted molar refractivity (Wildman–Crippen MR) is 205 cm³/mol. The summed E-state index contributed by atoms with van der Waals surface area (Å²) in [7, 11) is 3.95. The lowest BCUT2D eigenvalue weighted by atomic mass is 9.90. The van der Waals surface area contributed by atoms with E-state index in [-0.39, 0.29) is 11.8 Å². The predicted octanol–water partition coefficient (Wildman–Crippen LogP) is 4.26. The van der Waals surface area contributed by atoms with Crippen molar-refractivity contribution in [3.63, 3.8) is 0 Å². The van der Waals surface area contributed by atoms with Crippen LogP contribution >= 0.6 is 0 Å². The van der Waals surface area contributed by atoms with Crippen LogP contribution in [-0.2, 0) is 51.6 Å². The van der Waals surface area contributed by atoms with Crippen molar-refractivity contribution < 1.29 is 14.3 Å². The number of aryl methyl sites for hydroxylation is 8. The molecule has 282 valence electrons. The van der Waals surface area contributed by atoms with E-state index in [1.807, 2.05) is 69.1 Å². The minimum atomic E-state index is -0.315. The van der Waals surface area contributed by atoms with Crippen LogP contribution in [0.15, 0.2) is 64.6 Å². The zero-order chi connectivity index (χ0) is 37.7. The molecule has 2 aliphatic rings. The molecule has 2 amide bonds. The largest absolute Gasteiger partial charge is 0.378 e. The Morgan fingerprint density at radius 1 is 0.741 bits per heavy atom. The average molecular weight is 732 g/mol. The second kappa shape index (κ2) is 14.5. The number of morpholine rings is 1. The van der Waals surface area contributed by atoms with Crippen molar-refractivity contribution in [1.82, 2.24) is 42.7 Å². The molecule has 2 unspecified atom stereocenters. The highest BCUT2D eigenvalue weighted by molar-refractivity contribution is 5.94. The van der Waals surface area contributed by atoms with Gasteiger partial charge in [0.25, 0.3) is 11.8 Å². The molecule has 0 aliphatic carbocycles. The van der Waals surface area contributed by atoms with Gasteiger partial charge in [-0.3, -0.25) is 23.9 Å². The second-order valence-electron chi connectivity index (χ2n) is 14.6. The maximum Gasteiger partial charge on any atom is 0.298 e. The zero-order valence-electron chi connectivity index (χ0n) is 32.1. The normalized spacial score (nSPS) is 18.0. The van der Waals surface area contributed by atoms with E-state index >= 15 is 0 Å². The minimum absolute atomic E-state index is 0.310. The monoisotopic (exact) mass is 731 g/mol. The van der Waals surface area contributed by atoms with E-state index in [1.54, 1.807) is 15.4 Å². The Bertz CT molecular complexity index is 2520. The Balaban J connectivity index is 1.15. The van der Waals surface area contributed by atoms with Crippen LogP contribution in [0.25, 0.3) is 22.1 Å². The maximum absolute atomic E-state index is 13.8. The van der Waals surface area contributed by atoms with Crippen molar-refractivity contribution >= 4 is 33.9 Å². The third-order valence-corrected chi connectivity index (χ3v) is 11.1. The number of para-hydroxylation sites is 3. The number of amides is 2. The van der Waals surface area contributed by atoms with E-state index in [9.17, 15) is 9.59 Å². The Hall–Kier alpha value is -5.34. The highest BCUT2D eigenvalue weighted by Crippen LogP contribution is 2.33. The topological polar surface area (TPSA) is 127 Å². The second-order valence-corrected chi connectivity index (χ2v) is 14.6. The van der Waals surface area contributed by atoms with Crippen LogP contribution in [0.2, 0.25) is 0 Å². The number of ether oxygens (including phenoxy) is 1. The van der Waals surface area contributed by atoms with E-state index < -0.39 is 0 Å². The SMILES string of the molecule is CCn1nc(C)cc1C(=O)/N=c1\n(C)c2ccccc2n1CCCCn1/c(=N/C(=O)c2cc(C)nn2CC)n(C)c2cccc(CN3C4COCC3C4)c21. The number of imidazole rings is 2. The summed E-state index contributed by atoms with van der Waals surface area (Å²) in [5.41, 5.74) is 9.10. The molecule has 0 spiro atoms. The van der Waals surface area contributed by atoms with Gasteiger partial charge >= 0.3 is 0 Å². The van der Waals surface area contributed by atoms with Gasteiger partial charge in [0.1, 0.15) is 11.4 Å². The first-order valence-corrected chi connectivity index (χ1v) is 19.1. The third-order valence-electron chi connectivity index (χ3n) is 11.1. The summed E-state index contributed by atoms with van der Waals surface area (Å²) in [6.45, 7) is 12.6. The first-order valence-electron chi connectivity index (χ1n) is 19.1. The van der Waals surface area contributed by atoms with E-state index in [4.69, 9.17) is 9.73 Å². The summed E-state index contributed by atoms with van der Waals surface area (Å²) in [5.74, 6) is -0.626. The summed E-state index contributed by atoms with van der Waals surface area (Å²) in [6, 6.07) is 19.1. The first kappa shape index (κ1) is 35.7. The van der Waals surface area contributed by atoms with Crippen molar-refractivity contribution in [2.24, 2.45) is 24.1 Å². The Labute approximate surface area is 313 Å². The summed E-state index contributed by atoms with van der Waals surface area (Å²) in [4.78, 5) is 39.4. The molecule has 54 heavy (non-hydrogen) atoms. The number of fused-ring (bicyclic) bond motifs is 4. The fraction of sp³-hybridized carbons (Fsp3) is 0.450.